The number of allylic oxidation sites excluding steroid dienone is 4. The first-order valence-electron chi connectivity index (χ1n) is 20.8. The predicted octanol–water partition coefficient (Wildman–Crippen LogP) is 14.5. The molecule has 3 aliphatic carbocycles. The standard InChI is InChI=1S/C57H40N2/c1-3-16-38(17-4-1)40-21-13-23-43(35-40)58(45-32-33-48-51-29-14-22-42-34-41-20-7-8-26-47(41)57(56(42)51)52(48)36-45)44-24-15-28-50-49-27-10-12-31-54(49)59(55(50)37-44)53-30-11-9-25-46(53)39-18-5-2-6-19-39/h1-27,29-31,33-37,45H,28,32H2. The molecular formula is C57H40N2. The van der Waals surface area contributed by atoms with Gasteiger partial charge in [-0.25, -0.2) is 0 Å². The Labute approximate surface area is 344 Å². The number of hydrogen-bond donors (Lipinski definition) is 0. The second-order valence-electron chi connectivity index (χ2n) is 15.9. The second kappa shape index (κ2) is 13.6. The maximum Gasteiger partial charge on any atom is 0.0566 e. The van der Waals surface area contributed by atoms with E-state index in [2.05, 4.69) is 222 Å². The van der Waals surface area contributed by atoms with Crippen LogP contribution in [0, 0.1) is 0 Å². The van der Waals surface area contributed by atoms with Gasteiger partial charge in [0, 0.05) is 22.3 Å². The summed E-state index contributed by atoms with van der Waals surface area (Å²) in [7, 11) is 0. The maximum atomic E-state index is 2.61. The van der Waals surface area contributed by atoms with Gasteiger partial charge in [0.15, 0.2) is 0 Å². The van der Waals surface area contributed by atoms with E-state index in [0.717, 1.165) is 12.8 Å². The Hall–Kier alpha value is -7.42. The Balaban J connectivity index is 1.09. The summed E-state index contributed by atoms with van der Waals surface area (Å²) >= 11 is 0. The smallest absolute Gasteiger partial charge is 0.0566 e. The second-order valence-corrected chi connectivity index (χ2v) is 15.9. The monoisotopic (exact) mass is 752 g/mol. The molecule has 9 aromatic rings. The summed E-state index contributed by atoms with van der Waals surface area (Å²) in [5, 5.41) is 6.58. The van der Waals surface area contributed by atoms with Crippen LogP contribution in [0.3, 0.4) is 0 Å². The van der Waals surface area contributed by atoms with Crippen molar-refractivity contribution in [3.05, 3.63) is 234 Å². The van der Waals surface area contributed by atoms with Gasteiger partial charge in [0.05, 0.1) is 22.9 Å². The van der Waals surface area contributed by atoms with Gasteiger partial charge in [0.25, 0.3) is 0 Å². The highest BCUT2D eigenvalue weighted by Gasteiger charge is 2.32. The zero-order chi connectivity index (χ0) is 38.9. The lowest BCUT2D eigenvalue weighted by Gasteiger charge is -2.35. The average molecular weight is 753 g/mol. The highest BCUT2D eigenvalue weighted by Crippen LogP contribution is 2.51. The highest BCUT2D eigenvalue weighted by atomic mass is 15.2. The van der Waals surface area contributed by atoms with Crippen molar-refractivity contribution in [3.8, 4) is 27.9 Å². The molecule has 278 valence electrons. The summed E-state index contributed by atoms with van der Waals surface area (Å²) in [6, 6.07) is 66.7. The van der Waals surface area contributed by atoms with Gasteiger partial charge in [-0.15, -0.1) is 0 Å². The van der Waals surface area contributed by atoms with E-state index in [1.807, 2.05) is 0 Å². The van der Waals surface area contributed by atoms with E-state index in [1.54, 1.807) is 0 Å². The molecule has 0 aliphatic heterocycles. The summed E-state index contributed by atoms with van der Waals surface area (Å²) < 4.78 is 2.51. The molecule has 1 aromatic heterocycles. The Morgan fingerprint density at radius 1 is 0.542 bits per heavy atom. The van der Waals surface area contributed by atoms with Crippen LogP contribution in [0.15, 0.2) is 212 Å². The molecule has 0 amide bonds. The van der Waals surface area contributed by atoms with E-state index in [4.69, 9.17) is 0 Å². The third-order valence-corrected chi connectivity index (χ3v) is 12.6. The van der Waals surface area contributed by atoms with Crippen molar-refractivity contribution in [1.29, 1.82) is 0 Å². The largest absolute Gasteiger partial charge is 0.334 e. The minimum absolute atomic E-state index is 0.0648. The maximum absolute atomic E-state index is 2.61. The number of para-hydroxylation sites is 2. The Kier molecular flexibility index (Phi) is 7.77. The molecule has 0 fully saturated rings. The molecule has 3 aliphatic rings. The van der Waals surface area contributed by atoms with Crippen molar-refractivity contribution in [2.45, 2.75) is 18.9 Å². The van der Waals surface area contributed by atoms with E-state index in [1.165, 1.54) is 105 Å². The van der Waals surface area contributed by atoms with Crippen LogP contribution >= 0.6 is 0 Å². The molecule has 2 heteroatoms. The van der Waals surface area contributed by atoms with Crippen molar-refractivity contribution < 1.29 is 0 Å². The number of nitrogens with zero attached hydrogens (tertiary/aromatic N) is 2. The summed E-state index contributed by atoms with van der Waals surface area (Å²) in [6.07, 6.45) is 14.0. The number of anilines is 1. The van der Waals surface area contributed by atoms with Gasteiger partial charge in [-0.1, -0.05) is 170 Å². The fourth-order valence-corrected chi connectivity index (χ4v) is 10.1. The van der Waals surface area contributed by atoms with Crippen LogP contribution in [0.4, 0.5) is 5.69 Å². The van der Waals surface area contributed by atoms with Crippen molar-refractivity contribution in [1.82, 2.24) is 4.57 Å². The van der Waals surface area contributed by atoms with Gasteiger partial charge in [0.2, 0.25) is 0 Å². The summed E-state index contributed by atoms with van der Waals surface area (Å²) in [6.45, 7) is 0. The van der Waals surface area contributed by atoms with Crippen LogP contribution in [0.5, 0.6) is 0 Å². The molecule has 0 bridgehead atoms. The minimum Gasteiger partial charge on any atom is -0.334 e. The molecule has 0 radical (unpaired) electrons. The van der Waals surface area contributed by atoms with E-state index in [-0.39, 0.29) is 6.04 Å². The minimum atomic E-state index is 0.0648. The molecule has 1 heterocycles. The molecule has 1 atom stereocenters. The average Bonchev–Trinajstić information content (AvgIpc) is 3.70. The van der Waals surface area contributed by atoms with Crippen molar-refractivity contribution in [2.24, 2.45) is 0 Å². The normalized spacial score (nSPS) is 15.4. The van der Waals surface area contributed by atoms with Crippen molar-refractivity contribution >= 4 is 55.4 Å². The van der Waals surface area contributed by atoms with Gasteiger partial charge in [-0.2, -0.15) is 0 Å². The molecular weight excluding hydrogens is 713 g/mol. The van der Waals surface area contributed by atoms with E-state index in [9.17, 15) is 0 Å². The quantitative estimate of drug-likeness (QED) is 0.154. The first kappa shape index (κ1) is 33.7. The molecule has 0 spiro atoms. The van der Waals surface area contributed by atoms with Gasteiger partial charge < -0.3 is 9.47 Å². The molecule has 8 aromatic carbocycles. The molecule has 0 saturated heterocycles. The van der Waals surface area contributed by atoms with Crippen LogP contribution in [0.2, 0.25) is 0 Å². The molecule has 1 unspecified atom stereocenters. The van der Waals surface area contributed by atoms with Gasteiger partial charge in [0.1, 0.15) is 0 Å². The van der Waals surface area contributed by atoms with Gasteiger partial charge in [-0.05, 0) is 121 Å². The molecule has 59 heavy (non-hydrogen) atoms. The van der Waals surface area contributed by atoms with Crippen LogP contribution < -0.4 is 4.90 Å². The number of fused-ring (bicyclic) bond motifs is 8. The fraction of sp³-hybridized carbons (Fsp3) is 0.0526. The topological polar surface area (TPSA) is 8.17 Å². The lowest BCUT2D eigenvalue weighted by molar-refractivity contribution is 0.769. The zero-order valence-corrected chi connectivity index (χ0v) is 32.6. The molecule has 12 rings (SSSR count). The number of rotatable bonds is 6. The Morgan fingerprint density at radius 2 is 1.24 bits per heavy atom. The lowest BCUT2D eigenvalue weighted by Crippen LogP contribution is -2.33. The SMILES string of the molecule is C1=CC(N(c2cccc(-c3ccccc3)c2)C2C=C3C(=CC2)c2cccc4cc5ccccc5c3c24)=Cc2c(c3ccccc3n2-c2ccccc2-c2ccccc2)C1. The molecule has 0 saturated carbocycles. The molecule has 2 nitrogen and oxygen atoms in total. The third-order valence-electron chi connectivity index (χ3n) is 12.6. The van der Waals surface area contributed by atoms with Crippen molar-refractivity contribution in [3.63, 3.8) is 0 Å². The summed E-state index contributed by atoms with van der Waals surface area (Å²) in [5.41, 5.74) is 17.6. The van der Waals surface area contributed by atoms with Crippen LogP contribution in [0.1, 0.15) is 28.8 Å². The molecule has 0 N–H and O–H groups in total. The summed E-state index contributed by atoms with van der Waals surface area (Å²) in [5.74, 6) is 0. The van der Waals surface area contributed by atoms with Crippen LogP contribution in [-0.2, 0) is 6.42 Å². The Bertz CT molecular complexity index is 3270. The Morgan fingerprint density at radius 3 is 2.12 bits per heavy atom. The highest BCUT2D eigenvalue weighted by molar-refractivity contribution is 6.28. The van der Waals surface area contributed by atoms with Gasteiger partial charge >= 0.3 is 0 Å². The van der Waals surface area contributed by atoms with E-state index in [0.29, 0.717) is 0 Å². The number of aromatic nitrogens is 1. The first-order valence-corrected chi connectivity index (χ1v) is 20.8. The predicted molar refractivity (Wildman–Crippen MR) is 250 cm³/mol. The van der Waals surface area contributed by atoms with E-state index >= 15 is 0 Å². The zero-order valence-electron chi connectivity index (χ0n) is 32.6. The van der Waals surface area contributed by atoms with Crippen molar-refractivity contribution in [2.75, 3.05) is 4.90 Å². The lowest BCUT2D eigenvalue weighted by atomic mass is 9.89. The van der Waals surface area contributed by atoms with E-state index < -0.39 is 0 Å². The third kappa shape index (κ3) is 5.41. The number of benzene rings is 8. The van der Waals surface area contributed by atoms with Gasteiger partial charge in [-0.3, -0.25) is 0 Å². The number of hydrogen-bond acceptors (Lipinski definition) is 1. The fourth-order valence-electron chi connectivity index (χ4n) is 10.1. The summed E-state index contributed by atoms with van der Waals surface area (Å²) in [4.78, 5) is 2.61. The first-order chi connectivity index (χ1) is 29.3. The van der Waals surface area contributed by atoms with Crippen LogP contribution in [-0.4, -0.2) is 10.6 Å². The van der Waals surface area contributed by atoms with Crippen LogP contribution in [0.25, 0.3) is 77.6 Å².